The van der Waals surface area contributed by atoms with E-state index in [-0.39, 0.29) is 0 Å². The maximum Gasteiger partial charge on any atom is 0.119 e. The van der Waals surface area contributed by atoms with Gasteiger partial charge in [-0.1, -0.05) is 13.8 Å². The molecule has 1 rings (SSSR count). The Morgan fingerprint density at radius 2 is 2.07 bits per heavy atom. The quantitative estimate of drug-likeness (QED) is 0.798. The molecule has 0 radical (unpaired) electrons. The van der Waals surface area contributed by atoms with Gasteiger partial charge in [0.25, 0.3) is 0 Å². The van der Waals surface area contributed by atoms with Gasteiger partial charge in [0.05, 0.1) is 7.11 Å². The van der Waals surface area contributed by atoms with Crippen molar-refractivity contribution in [2.75, 3.05) is 7.11 Å². The van der Waals surface area contributed by atoms with Crippen LogP contribution >= 0.6 is 0 Å². The van der Waals surface area contributed by atoms with Gasteiger partial charge in [-0.25, -0.2) is 0 Å². The first-order valence-corrected chi connectivity index (χ1v) is 4.99. The molecule has 1 N–H and O–H groups in total. The maximum atomic E-state index is 9.59. The molecule has 0 amide bonds. The van der Waals surface area contributed by atoms with Crippen LogP contribution < -0.4 is 4.74 Å². The van der Waals surface area contributed by atoms with Gasteiger partial charge in [-0.3, -0.25) is 0 Å². The van der Waals surface area contributed by atoms with E-state index in [0.717, 1.165) is 24.2 Å². The molecular formula is C12H18O2. The molecule has 0 aliphatic heterocycles. The van der Waals surface area contributed by atoms with Gasteiger partial charge < -0.3 is 9.84 Å². The van der Waals surface area contributed by atoms with Crippen LogP contribution in [0.15, 0.2) is 18.2 Å². The fourth-order valence-corrected chi connectivity index (χ4v) is 1.33. The average molecular weight is 194 g/mol. The third-order valence-electron chi connectivity index (χ3n) is 2.28. The molecule has 1 aromatic rings. The zero-order valence-corrected chi connectivity index (χ0v) is 9.08. The van der Waals surface area contributed by atoms with Crippen LogP contribution in [-0.4, -0.2) is 12.2 Å². The number of phenolic OH excluding ortho intramolecular Hbond substituents is 1. The van der Waals surface area contributed by atoms with Crippen molar-refractivity contribution in [3.63, 3.8) is 0 Å². The van der Waals surface area contributed by atoms with Crippen LogP contribution in [0, 0.1) is 5.92 Å². The summed E-state index contributed by atoms with van der Waals surface area (Å²) in [5.74, 6) is 1.83. The van der Waals surface area contributed by atoms with E-state index >= 15 is 0 Å². The number of ether oxygens (including phenoxy) is 1. The lowest BCUT2D eigenvalue weighted by Gasteiger charge is -2.08. The van der Waals surface area contributed by atoms with Crippen LogP contribution in [0.1, 0.15) is 25.8 Å². The van der Waals surface area contributed by atoms with Crippen molar-refractivity contribution in [2.45, 2.75) is 26.7 Å². The molecule has 2 nitrogen and oxygen atoms in total. The molecule has 78 valence electrons. The first-order valence-electron chi connectivity index (χ1n) is 4.99. The molecule has 0 aromatic heterocycles. The monoisotopic (exact) mass is 194 g/mol. The third kappa shape index (κ3) is 2.95. The molecule has 0 aliphatic carbocycles. The molecule has 0 aliphatic rings. The Hall–Kier alpha value is -1.18. The van der Waals surface area contributed by atoms with E-state index in [1.54, 1.807) is 19.2 Å². The van der Waals surface area contributed by atoms with Crippen LogP contribution in [-0.2, 0) is 6.42 Å². The molecule has 0 atom stereocenters. The van der Waals surface area contributed by atoms with Gasteiger partial charge in [0, 0.05) is 0 Å². The number of rotatable bonds is 4. The molecular weight excluding hydrogens is 176 g/mol. The van der Waals surface area contributed by atoms with Crippen molar-refractivity contribution in [1.29, 1.82) is 0 Å². The van der Waals surface area contributed by atoms with Crippen molar-refractivity contribution in [3.8, 4) is 11.5 Å². The minimum Gasteiger partial charge on any atom is -0.508 e. The summed E-state index contributed by atoms with van der Waals surface area (Å²) in [4.78, 5) is 0. The highest BCUT2D eigenvalue weighted by Gasteiger charge is 2.04. The molecule has 0 spiro atoms. The van der Waals surface area contributed by atoms with E-state index in [1.165, 1.54) is 0 Å². The Morgan fingerprint density at radius 3 is 2.64 bits per heavy atom. The molecule has 1 aromatic carbocycles. The van der Waals surface area contributed by atoms with E-state index < -0.39 is 0 Å². The number of benzene rings is 1. The molecule has 0 unspecified atom stereocenters. The normalized spacial score (nSPS) is 10.6. The summed E-state index contributed by atoms with van der Waals surface area (Å²) in [6.07, 6.45) is 1.99. The Labute approximate surface area is 85.5 Å². The summed E-state index contributed by atoms with van der Waals surface area (Å²) >= 11 is 0. The van der Waals surface area contributed by atoms with Crippen LogP contribution in [0.5, 0.6) is 11.5 Å². The van der Waals surface area contributed by atoms with Gasteiger partial charge in [0.1, 0.15) is 11.5 Å². The minimum atomic E-state index is 0.367. The van der Waals surface area contributed by atoms with Crippen LogP contribution in [0.4, 0.5) is 0 Å². The summed E-state index contributed by atoms with van der Waals surface area (Å²) in [6, 6.07) is 5.36. The largest absolute Gasteiger partial charge is 0.508 e. The Balaban J connectivity index is 2.73. The van der Waals surface area contributed by atoms with Crippen molar-refractivity contribution >= 4 is 0 Å². The molecule has 2 heteroatoms. The van der Waals surface area contributed by atoms with Gasteiger partial charge in [0.2, 0.25) is 0 Å². The van der Waals surface area contributed by atoms with Gasteiger partial charge in [-0.05, 0) is 42.5 Å². The Kier molecular flexibility index (Phi) is 3.81. The number of aryl methyl sites for hydroxylation is 1. The molecule has 0 bridgehead atoms. The lowest BCUT2D eigenvalue weighted by Crippen LogP contribution is -1.93. The van der Waals surface area contributed by atoms with Gasteiger partial charge in [0.15, 0.2) is 0 Å². The van der Waals surface area contributed by atoms with Crippen molar-refractivity contribution in [1.82, 2.24) is 0 Å². The highest BCUT2D eigenvalue weighted by atomic mass is 16.5. The smallest absolute Gasteiger partial charge is 0.119 e. The topological polar surface area (TPSA) is 29.5 Å². The van der Waals surface area contributed by atoms with E-state index in [1.807, 2.05) is 6.07 Å². The predicted octanol–water partition coefficient (Wildman–Crippen LogP) is 2.99. The number of hydrogen-bond acceptors (Lipinski definition) is 2. The number of methoxy groups -OCH3 is 1. The second kappa shape index (κ2) is 4.89. The van der Waals surface area contributed by atoms with Crippen molar-refractivity contribution in [2.24, 2.45) is 5.92 Å². The highest BCUT2D eigenvalue weighted by Crippen LogP contribution is 2.24. The maximum absolute atomic E-state index is 9.59. The minimum absolute atomic E-state index is 0.367. The average Bonchev–Trinajstić information content (AvgIpc) is 2.16. The summed E-state index contributed by atoms with van der Waals surface area (Å²) in [5.41, 5.74) is 0.970. The highest BCUT2D eigenvalue weighted by molar-refractivity contribution is 5.39. The van der Waals surface area contributed by atoms with Gasteiger partial charge in [-0.2, -0.15) is 0 Å². The van der Waals surface area contributed by atoms with E-state index in [4.69, 9.17) is 4.74 Å². The summed E-state index contributed by atoms with van der Waals surface area (Å²) in [6.45, 7) is 4.36. The number of aromatic hydroxyl groups is 1. The fraction of sp³-hybridized carbons (Fsp3) is 0.500. The molecule has 0 saturated heterocycles. The van der Waals surface area contributed by atoms with Crippen LogP contribution in [0.25, 0.3) is 0 Å². The van der Waals surface area contributed by atoms with E-state index in [2.05, 4.69) is 13.8 Å². The molecule has 14 heavy (non-hydrogen) atoms. The molecule has 0 saturated carbocycles. The number of hydrogen-bond donors (Lipinski definition) is 1. The molecule has 0 fully saturated rings. The third-order valence-corrected chi connectivity index (χ3v) is 2.28. The summed E-state index contributed by atoms with van der Waals surface area (Å²) in [5, 5.41) is 9.59. The Morgan fingerprint density at radius 1 is 1.36 bits per heavy atom. The second-order valence-corrected chi connectivity index (χ2v) is 3.93. The van der Waals surface area contributed by atoms with Gasteiger partial charge >= 0.3 is 0 Å². The van der Waals surface area contributed by atoms with Crippen LogP contribution in [0.3, 0.4) is 0 Å². The second-order valence-electron chi connectivity index (χ2n) is 3.93. The van der Waals surface area contributed by atoms with Crippen molar-refractivity contribution in [3.05, 3.63) is 23.8 Å². The van der Waals surface area contributed by atoms with Crippen molar-refractivity contribution < 1.29 is 9.84 Å². The first kappa shape index (κ1) is 10.9. The summed E-state index contributed by atoms with van der Waals surface area (Å²) in [7, 11) is 1.64. The zero-order chi connectivity index (χ0) is 10.6. The Bertz CT molecular complexity index is 292. The SMILES string of the molecule is COc1ccc(O)c(CCC(C)C)c1. The summed E-state index contributed by atoms with van der Waals surface area (Å²) < 4.78 is 5.11. The zero-order valence-electron chi connectivity index (χ0n) is 9.08. The lowest BCUT2D eigenvalue weighted by atomic mass is 10.0. The van der Waals surface area contributed by atoms with Gasteiger partial charge in [-0.15, -0.1) is 0 Å². The van der Waals surface area contributed by atoms with Crippen LogP contribution in [0.2, 0.25) is 0 Å². The predicted molar refractivity (Wildman–Crippen MR) is 57.8 cm³/mol. The molecule has 0 heterocycles. The van der Waals surface area contributed by atoms with E-state index in [0.29, 0.717) is 11.7 Å². The number of phenols is 1. The standard InChI is InChI=1S/C12H18O2/c1-9(2)4-5-10-8-11(14-3)6-7-12(10)13/h6-9,13H,4-5H2,1-3H3. The first-order chi connectivity index (χ1) is 6.63. The lowest BCUT2D eigenvalue weighted by molar-refractivity contribution is 0.410. The van der Waals surface area contributed by atoms with E-state index in [9.17, 15) is 5.11 Å². The fourth-order valence-electron chi connectivity index (χ4n) is 1.33.